The Morgan fingerprint density at radius 3 is 2.62 bits per heavy atom. The lowest BCUT2D eigenvalue weighted by atomic mass is 10.0. The number of halogens is 1. The molecule has 1 aromatic heterocycles. The van der Waals surface area contributed by atoms with Crippen LogP contribution in [0.2, 0.25) is 0 Å². The van der Waals surface area contributed by atoms with Crippen LogP contribution in [0.1, 0.15) is 50.0 Å². The van der Waals surface area contributed by atoms with Gasteiger partial charge < -0.3 is 10.6 Å². The van der Waals surface area contributed by atoms with Crippen molar-refractivity contribution in [3.8, 4) is 0 Å². The lowest BCUT2D eigenvalue weighted by Crippen LogP contribution is -2.35. The first kappa shape index (κ1) is 18.8. The number of nitrogens with zero attached hydrogens (tertiary/aromatic N) is 2. The van der Waals surface area contributed by atoms with Crippen molar-refractivity contribution in [2.75, 3.05) is 0 Å². The number of fused-ring (bicyclic) bond motifs is 1. The Morgan fingerprint density at radius 2 is 1.86 bits per heavy atom. The number of hydrogen-bond donors (Lipinski definition) is 1. The average Bonchev–Trinajstić information content (AvgIpc) is 3.17. The third kappa shape index (κ3) is 3.61. The molecule has 1 aliphatic carbocycles. The molecule has 6 heteroatoms. The molecule has 3 aromatic rings. The van der Waals surface area contributed by atoms with Gasteiger partial charge in [-0.1, -0.05) is 36.4 Å². The minimum atomic E-state index is -0.661. The molecule has 29 heavy (non-hydrogen) atoms. The van der Waals surface area contributed by atoms with Crippen molar-refractivity contribution in [3.05, 3.63) is 101 Å². The van der Waals surface area contributed by atoms with Gasteiger partial charge in [0.05, 0.1) is 6.04 Å². The molecule has 146 valence electrons. The summed E-state index contributed by atoms with van der Waals surface area (Å²) in [7, 11) is 0. The van der Waals surface area contributed by atoms with Crippen LogP contribution in [-0.2, 0) is 13.0 Å². The van der Waals surface area contributed by atoms with Crippen molar-refractivity contribution in [1.82, 2.24) is 9.88 Å². The topological polar surface area (TPSA) is 76.3 Å². The van der Waals surface area contributed by atoms with E-state index < -0.39 is 11.9 Å². The Labute approximate surface area is 168 Å². The fraction of sp³-hybridized carbons (Fsp3) is 0.174. The molecule has 4 rings (SSSR count). The van der Waals surface area contributed by atoms with Crippen LogP contribution in [-0.4, -0.2) is 21.7 Å². The summed E-state index contributed by atoms with van der Waals surface area (Å²) < 4.78 is 14.7. The van der Waals surface area contributed by atoms with Crippen LogP contribution < -0.4 is 5.73 Å². The van der Waals surface area contributed by atoms with E-state index in [1.807, 2.05) is 12.1 Å². The summed E-state index contributed by atoms with van der Waals surface area (Å²) >= 11 is 0. The molecule has 0 fully saturated rings. The highest BCUT2D eigenvalue weighted by atomic mass is 19.1. The maximum atomic E-state index is 14.7. The monoisotopic (exact) mass is 389 g/mol. The summed E-state index contributed by atoms with van der Waals surface area (Å²) in [4.78, 5) is 30.9. The lowest BCUT2D eigenvalue weighted by Gasteiger charge is -2.30. The van der Waals surface area contributed by atoms with Crippen molar-refractivity contribution in [2.24, 2.45) is 5.73 Å². The first-order chi connectivity index (χ1) is 14.1. The molecule has 1 atom stereocenters. The zero-order valence-corrected chi connectivity index (χ0v) is 15.7. The maximum absolute atomic E-state index is 14.7. The Bertz CT molecular complexity index is 1070. The highest BCUT2D eigenvalue weighted by Crippen LogP contribution is 2.39. The largest absolute Gasteiger partial charge is 0.364 e. The Balaban J connectivity index is 1.78. The van der Waals surface area contributed by atoms with Gasteiger partial charge in [0.25, 0.3) is 11.8 Å². The van der Waals surface area contributed by atoms with E-state index in [2.05, 4.69) is 4.98 Å². The summed E-state index contributed by atoms with van der Waals surface area (Å²) in [5.74, 6) is -1.21. The minimum absolute atomic E-state index is 0.109. The van der Waals surface area contributed by atoms with Crippen molar-refractivity contribution in [1.29, 1.82) is 0 Å². The van der Waals surface area contributed by atoms with Crippen molar-refractivity contribution in [3.63, 3.8) is 0 Å². The van der Waals surface area contributed by atoms with Crippen LogP contribution in [0, 0.1) is 5.82 Å². The van der Waals surface area contributed by atoms with E-state index in [9.17, 15) is 14.0 Å². The van der Waals surface area contributed by atoms with Gasteiger partial charge in [0.15, 0.2) is 0 Å². The molecule has 0 unspecified atom stereocenters. The van der Waals surface area contributed by atoms with E-state index in [4.69, 9.17) is 5.73 Å². The lowest BCUT2D eigenvalue weighted by molar-refractivity contribution is 0.0653. The molecule has 0 saturated heterocycles. The van der Waals surface area contributed by atoms with Gasteiger partial charge in [0.1, 0.15) is 11.5 Å². The zero-order chi connectivity index (χ0) is 20.4. The second-order valence-electron chi connectivity index (χ2n) is 7.04. The van der Waals surface area contributed by atoms with E-state index in [1.54, 1.807) is 47.4 Å². The molecular weight excluding hydrogens is 369 g/mol. The predicted octanol–water partition coefficient (Wildman–Crippen LogP) is 3.65. The second-order valence-corrected chi connectivity index (χ2v) is 7.04. The van der Waals surface area contributed by atoms with Crippen LogP contribution >= 0.6 is 0 Å². The molecule has 0 bridgehead atoms. The van der Waals surface area contributed by atoms with Gasteiger partial charge in [-0.05, 0) is 42.7 Å². The number of benzene rings is 2. The molecule has 0 aliphatic heterocycles. The number of aryl methyl sites for hydroxylation is 1. The molecule has 2 aromatic carbocycles. The minimum Gasteiger partial charge on any atom is -0.364 e. The molecular formula is C23H20FN3O2. The first-order valence-electron chi connectivity index (χ1n) is 9.43. The number of rotatable bonds is 5. The van der Waals surface area contributed by atoms with Crippen molar-refractivity contribution < 1.29 is 14.0 Å². The molecule has 2 N–H and O–H groups in total. The quantitative estimate of drug-likeness (QED) is 0.724. The van der Waals surface area contributed by atoms with Crippen LogP contribution in [0.15, 0.2) is 66.9 Å². The Hall–Kier alpha value is -3.54. The van der Waals surface area contributed by atoms with Gasteiger partial charge in [-0.3, -0.25) is 14.6 Å². The summed E-state index contributed by atoms with van der Waals surface area (Å²) in [5.41, 5.74) is 8.07. The normalized spacial score (nSPS) is 15.0. The van der Waals surface area contributed by atoms with Gasteiger partial charge in [-0.15, -0.1) is 0 Å². The Kier molecular flexibility index (Phi) is 5.08. The Morgan fingerprint density at radius 1 is 1.07 bits per heavy atom. The third-order valence-corrected chi connectivity index (χ3v) is 5.29. The van der Waals surface area contributed by atoms with Crippen LogP contribution in [0.25, 0.3) is 0 Å². The molecule has 2 amide bonds. The van der Waals surface area contributed by atoms with Gasteiger partial charge >= 0.3 is 0 Å². The molecule has 0 spiro atoms. The highest BCUT2D eigenvalue weighted by Gasteiger charge is 2.34. The molecule has 0 saturated carbocycles. The van der Waals surface area contributed by atoms with Crippen LogP contribution in [0.4, 0.5) is 4.39 Å². The standard InChI is InChI=1S/C23H20FN3O2/c24-18-10-4-8-15-11-12-19(20(15)18)27(23(29)16-6-2-1-3-7-16)14-17-9-5-13-26-21(17)22(25)28/h1-10,13,19H,11-12,14H2,(H2,25,28)/t19-/m1/s1. The van der Waals surface area contributed by atoms with Crippen molar-refractivity contribution >= 4 is 11.8 Å². The number of nitrogens with two attached hydrogens (primary N) is 1. The highest BCUT2D eigenvalue weighted by molar-refractivity contribution is 5.95. The first-order valence-corrected chi connectivity index (χ1v) is 9.43. The fourth-order valence-electron chi connectivity index (χ4n) is 3.96. The van der Waals surface area contributed by atoms with E-state index in [-0.39, 0.29) is 24.0 Å². The smallest absolute Gasteiger partial charge is 0.267 e. The molecule has 1 heterocycles. The summed E-state index contributed by atoms with van der Waals surface area (Å²) in [6.07, 6.45) is 2.78. The molecule has 1 aliphatic rings. The average molecular weight is 389 g/mol. The molecule has 0 radical (unpaired) electrons. The number of carbonyl (C=O) groups excluding carboxylic acids is 2. The van der Waals surface area contributed by atoms with E-state index in [0.717, 1.165) is 5.56 Å². The van der Waals surface area contributed by atoms with Gasteiger partial charge in [0.2, 0.25) is 0 Å². The predicted molar refractivity (Wildman–Crippen MR) is 107 cm³/mol. The number of hydrogen-bond acceptors (Lipinski definition) is 3. The van der Waals surface area contributed by atoms with Crippen LogP contribution in [0.5, 0.6) is 0 Å². The van der Waals surface area contributed by atoms with Gasteiger partial charge in [0, 0.05) is 29.4 Å². The van der Waals surface area contributed by atoms with Gasteiger partial charge in [-0.25, -0.2) is 4.39 Å². The fourth-order valence-corrected chi connectivity index (χ4v) is 3.96. The zero-order valence-electron chi connectivity index (χ0n) is 15.7. The SMILES string of the molecule is NC(=O)c1ncccc1CN(C(=O)c1ccccc1)[C@@H]1CCc2cccc(F)c21. The number of pyridine rings is 1. The number of primary amides is 1. The third-order valence-electron chi connectivity index (χ3n) is 5.29. The summed E-state index contributed by atoms with van der Waals surface area (Å²) in [5, 5.41) is 0. The maximum Gasteiger partial charge on any atom is 0.267 e. The number of aromatic nitrogens is 1. The number of carbonyl (C=O) groups is 2. The van der Waals surface area contributed by atoms with E-state index in [1.165, 1.54) is 12.3 Å². The second kappa shape index (κ2) is 7.83. The van der Waals surface area contributed by atoms with Crippen molar-refractivity contribution in [2.45, 2.75) is 25.4 Å². The number of amides is 2. The summed E-state index contributed by atoms with van der Waals surface area (Å²) in [6.45, 7) is 0.109. The van der Waals surface area contributed by atoms with Gasteiger partial charge in [-0.2, -0.15) is 0 Å². The molecule has 5 nitrogen and oxygen atoms in total. The summed E-state index contributed by atoms with van der Waals surface area (Å²) in [6, 6.07) is 16.8. The van der Waals surface area contributed by atoms with Crippen LogP contribution in [0.3, 0.4) is 0 Å². The van der Waals surface area contributed by atoms with E-state index in [0.29, 0.717) is 29.5 Å². The van der Waals surface area contributed by atoms with E-state index >= 15 is 0 Å².